The molecule has 0 fully saturated rings. The summed E-state index contributed by atoms with van der Waals surface area (Å²) in [5.41, 5.74) is 5.82. The zero-order chi connectivity index (χ0) is 21.3. The predicted molar refractivity (Wildman–Crippen MR) is 124 cm³/mol. The van der Waals surface area contributed by atoms with E-state index in [0.717, 1.165) is 40.7 Å². The van der Waals surface area contributed by atoms with E-state index in [4.69, 9.17) is 9.84 Å². The number of benzene rings is 3. The maximum Gasteiger partial charge on any atom is 0.210 e. The number of hydrogen-bond acceptors (Lipinski definition) is 6. The summed E-state index contributed by atoms with van der Waals surface area (Å²) in [6, 6.07) is 24.9. The number of ether oxygens (including phenoxy) is 1. The first kappa shape index (κ1) is 21.5. The normalized spacial score (nSPS) is 10.1. The highest BCUT2D eigenvalue weighted by Gasteiger charge is 2.08. The van der Waals surface area contributed by atoms with Gasteiger partial charge in [0, 0.05) is 18.4 Å². The number of aryl methyl sites for hydroxylation is 1. The molecule has 4 aromatic rings. The third kappa shape index (κ3) is 5.65. The Kier molecular flexibility index (Phi) is 7.54. The number of rotatable bonds is 6. The number of aliphatic hydroxyl groups is 1. The van der Waals surface area contributed by atoms with E-state index in [2.05, 4.69) is 71.0 Å². The van der Waals surface area contributed by atoms with Gasteiger partial charge in [0.2, 0.25) is 5.13 Å². The fourth-order valence-electron chi connectivity index (χ4n) is 2.94. The second kappa shape index (κ2) is 10.5. The van der Waals surface area contributed by atoms with Gasteiger partial charge >= 0.3 is 0 Å². The van der Waals surface area contributed by atoms with Gasteiger partial charge < -0.3 is 15.2 Å². The molecule has 4 rings (SSSR count). The Bertz CT molecular complexity index is 1060. The van der Waals surface area contributed by atoms with Crippen molar-refractivity contribution in [1.29, 1.82) is 0 Å². The van der Waals surface area contributed by atoms with Crippen LogP contribution in [-0.2, 0) is 6.42 Å². The van der Waals surface area contributed by atoms with Crippen molar-refractivity contribution in [2.75, 3.05) is 19.5 Å². The highest BCUT2D eigenvalue weighted by molar-refractivity contribution is 7.18. The van der Waals surface area contributed by atoms with Gasteiger partial charge in [0.15, 0.2) is 0 Å². The molecule has 154 valence electrons. The van der Waals surface area contributed by atoms with E-state index in [-0.39, 0.29) is 0 Å². The topological polar surface area (TPSA) is 67.3 Å². The molecular formula is C24H25N3O2S. The Balaban J connectivity index is 0.00000124. The fraction of sp³-hybridized carbons (Fsp3) is 0.167. The molecular weight excluding hydrogens is 394 g/mol. The van der Waals surface area contributed by atoms with Crippen molar-refractivity contribution in [2.45, 2.75) is 13.3 Å². The Morgan fingerprint density at radius 1 is 0.900 bits per heavy atom. The minimum Gasteiger partial charge on any atom is -0.497 e. The summed E-state index contributed by atoms with van der Waals surface area (Å²) in [4.78, 5) is 0. The van der Waals surface area contributed by atoms with Crippen molar-refractivity contribution in [3.05, 3.63) is 89.5 Å². The van der Waals surface area contributed by atoms with Crippen molar-refractivity contribution in [3.8, 4) is 16.3 Å². The number of anilines is 2. The number of aliphatic hydroxyl groups excluding tert-OH is 1. The summed E-state index contributed by atoms with van der Waals surface area (Å²) >= 11 is 1.56. The van der Waals surface area contributed by atoms with Gasteiger partial charge in [-0.1, -0.05) is 59.4 Å². The molecule has 1 heterocycles. The van der Waals surface area contributed by atoms with E-state index in [1.165, 1.54) is 16.7 Å². The lowest BCUT2D eigenvalue weighted by Crippen LogP contribution is -1.90. The van der Waals surface area contributed by atoms with Crippen LogP contribution < -0.4 is 10.1 Å². The number of methoxy groups -OCH3 is 1. The Morgan fingerprint density at radius 3 is 2.33 bits per heavy atom. The van der Waals surface area contributed by atoms with Gasteiger partial charge in [0.1, 0.15) is 10.8 Å². The molecule has 0 radical (unpaired) electrons. The molecule has 0 aliphatic rings. The lowest BCUT2D eigenvalue weighted by atomic mass is 10.0. The van der Waals surface area contributed by atoms with Crippen LogP contribution in [0.2, 0.25) is 0 Å². The highest BCUT2D eigenvalue weighted by Crippen LogP contribution is 2.29. The average molecular weight is 420 g/mol. The number of aromatic nitrogens is 2. The second-order valence-corrected chi connectivity index (χ2v) is 7.61. The SMILES string of the molecule is CO.COc1ccc(Cc2cccc(-c3nnc(Nc4ccc(C)cc4)s3)c2)cc1. The zero-order valence-corrected chi connectivity index (χ0v) is 18.1. The summed E-state index contributed by atoms with van der Waals surface area (Å²) in [5.74, 6) is 0.875. The van der Waals surface area contributed by atoms with Crippen LogP contribution in [0.15, 0.2) is 72.8 Å². The largest absolute Gasteiger partial charge is 0.497 e. The summed E-state index contributed by atoms with van der Waals surface area (Å²) in [6.07, 6.45) is 0.866. The molecule has 0 aliphatic heterocycles. The summed E-state index contributed by atoms with van der Waals surface area (Å²) < 4.78 is 5.23. The van der Waals surface area contributed by atoms with Crippen LogP contribution in [0.25, 0.3) is 10.6 Å². The third-order valence-electron chi connectivity index (χ3n) is 4.47. The third-order valence-corrected chi connectivity index (χ3v) is 5.36. The predicted octanol–water partition coefficient (Wildman–Crippen LogP) is 5.47. The molecule has 0 amide bonds. The van der Waals surface area contributed by atoms with Crippen LogP contribution in [0.4, 0.5) is 10.8 Å². The van der Waals surface area contributed by atoms with Gasteiger partial charge in [0.25, 0.3) is 0 Å². The van der Waals surface area contributed by atoms with E-state index in [0.29, 0.717) is 0 Å². The first-order valence-corrected chi connectivity index (χ1v) is 10.4. The van der Waals surface area contributed by atoms with E-state index < -0.39 is 0 Å². The molecule has 30 heavy (non-hydrogen) atoms. The van der Waals surface area contributed by atoms with Crippen molar-refractivity contribution in [1.82, 2.24) is 10.2 Å². The van der Waals surface area contributed by atoms with Crippen molar-refractivity contribution in [3.63, 3.8) is 0 Å². The molecule has 0 spiro atoms. The van der Waals surface area contributed by atoms with E-state index in [9.17, 15) is 0 Å². The van der Waals surface area contributed by atoms with Crippen molar-refractivity contribution < 1.29 is 9.84 Å². The van der Waals surface area contributed by atoms with Gasteiger partial charge in [-0.05, 0) is 54.8 Å². The van der Waals surface area contributed by atoms with Crippen molar-refractivity contribution in [2.24, 2.45) is 0 Å². The van der Waals surface area contributed by atoms with Crippen LogP contribution in [0, 0.1) is 6.92 Å². The number of hydrogen-bond donors (Lipinski definition) is 2. The lowest BCUT2D eigenvalue weighted by molar-refractivity contribution is 0.399. The Morgan fingerprint density at radius 2 is 1.63 bits per heavy atom. The van der Waals surface area contributed by atoms with Gasteiger partial charge in [-0.2, -0.15) is 0 Å². The molecule has 2 N–H and O–H groups in total. The maximum atomic E-state index is 7.00. The molecule has 0 saturated carbocycles. The Labute approximate surface area is 181 Å². The molecule has 3 aromatic carbocycles. The lowest BCUT2D eigenvalue weighted by Gasteiger charge is -2.05. The van der Waals surface area contributed by atoms with Crippen LogP contribution in [-0.4, -0.2) is 29.5 Å². The molecule has 0 bridgehead atoms. The maximum absolute atomic E-state index is 7.00. The van der Waals surface area contributed by atoms with Crippen LogP contribution in [0.1, 0.15) is 16.7 Å². The number of nitrogens with one attached hydrogen (secondary N) is 1. The minimum absolute atomic E-state index is 0.791. The Hall–Kier alpha value is -3.22. The zero-order valence-electron chi connectivity index (χ0n) is 17.3. The molecule has 0 saturated heterocycles. The van der Waals surface area contributed by atoms with Crippen LogP contribution >= 0.6 is 11.3 Å². The molecule has 1 aromatic heterocycles. The van der Waals surface area contributed by atoms with Crippen LogP contribution in [0.3, 0.4) is 0 Å². The minimum atomic E-state index is 0.791. The van der Waals surface area contributed by atoms with Crippen molar-refractivity contribution >= 4 is 22.2 Å². The molecule has 5 nitrogen and oxygen atoms in total. The fourth-order valence-corrected chi connectivity index (χ4v) is 3.70. The monoisotopic (exact) mass is 419 g/mol. The smallest absolute Gasteiger partial charge is 0.210 e. The average Bonchev–Trinajstić information content (AvgIpc) is 3.26. The summed E-state index contributed by atoms with van der Waals surface area (Å²) in [6.45, 7) is 2.08. The van der Waals surface area contributed by atoms with E-state index in [1.807, 2.05) is 24.3 Å². The van der Waals surface area contributed by atoms with E-state index >= 15 is 0 Å². The first-order chi connectivity index (χ1) is 14.7. The highest BCUT2D eigenvalue weighted by atomic mass is 32.1. The molecule has 6 heteroatoms. The van der Waals surface area contributed by atoms with Gasteiger partial charge in [-0.25, -0.2) is 0 Å². The summed E-state index contributed by atoms with van der Waals surface area (Å²) in [7, 11) is 2.68. The van der Waals surface area contributed by atoms with E-state index in [1.54, 1.807) is 18.4 Å². The van der Waals surface area contributed by atoms with Gasteiger partial charge in [0.05, 0.1) is 7.11 Å². The molecule has 0 atom stereocenters. The van der Waals surface area contributed by atoms with Gasteiger partial charge in [-0.3, -0.25) is 0 Å². The van der Waals surface area contributed by atoms with Crippen LogP contribution in [0.5, 0.6) is 5.75 Å². The molecule has 0 unspecified atom stereocenters. The van der Waals surface area contributed by atoms with Gasteiger partial charge in [-0.15, -0.1) is 10.2 Å². The molecule has 0 aliphatic carbocycles. The first-order valence-electron chi connectivity index (χ1n) is 9.54. The quantitative estimate of drug-likeness (QED) is 0.434. The number of nitrogens with zero attached hydrogens (tertiary/aromatic N) is 2. The summed E-state index contributed by atoms with van der Waals surface area (Å²) in [5, 5.41) is 20.7. The standard InChI is InChI=1S/C23H21N3OS.CH4O/c1-16-6-10-20(11-7-16)24-23-26-25-22(28-23)19-5-3-4-18(15-19)14-17-8-12-21(27-2)13-9-17;1-2/h3-13,15H,14H2,1-2H3,(H,24,26);2H,1H3. The second-order valence-electron chi connectivity index (χ2n) is 6.63.